The highest BCUT2D eigenvalue weighted by Crippen LogP contribution is 2.42. The van der Waals surface area contributed by atoms with Crippen LogP contribution in [0.25, 0.3) is 0 Å². The zero-order valence-corrected chi connectivity index (χ0v) is 13.9. The van der Waals surface area contributed by atoms with Crippen LogP contribution in [-0.4, -0.2) is 28.8 Å². The largest absolute Gasteiger partial charge is 0.366 e. The molecule has 1 aliphatic heterocycles. The Bertz CT molecular complexity index is 776. The van der Waals surface area contributed by atoms with Gasteiger partial charge in [0.1, 0.15) is 5.82 Å². The van der Waals surface area contributed by atoms with Crippen LogP contribution in [0.4, 0.5) is 4.39 Å². The number of hydrogen-bond donors (Lipinski definition) is 1. The predicted molar refractivity (Wildman–Crippen MR) is 88.9 cm³/mol. The van der Waals surface area contributed by atoms with Gasteiger partial charge in [0.2, 0.25) is 0 Å². The van der Waals surface area contributed by atoms with Gasteiger partial charge in [-0.3, -0.25) is 9.59 Å². The van der Waals surface area contributed by atoms with E-state index in [0.29, 0.717) is 24.1 Å². The molecule has 0 bridgehead atoms. The molecule has 1 heterocycles. The van der Waals surface area contributed by atoms with Crippen molar-refractivity contribution in [2.24, 2.45) is 5.73 Å². The lowest BCUT2D eigenvalue weighted by Gasteiger charge is -2.48. The van der Waals surface area contributed by atoms with Crippen molar-refractivity contribution >= 4 is 11.8 Å². The lowest BCUT2D eigenvalue weighted by Crippen LogP contribution is -2.55. The minimum absolute atomic E-state index is 0.0290. The number of carbonyl (C=O) groups excluding carboxylic acids is 2. The first-order valence-corrected chi connectivity index (χ1v) is 8.18. The summed E-state index contributed by atoms with van der Waals surface area (Å²) >= 11 is 0. The van der Waals surface area contributed by atoms with Gasteiger partial charge in [0, 0.05) is 24.4 Å². The van der Waals surface area contributed by atoms with Crippen LogP contribution in [-0.2, 0) is 4.79 Å². The van der Waals surface area contributed by atoms with Gasteiger partial charge in [0.15, 0.2) is 0 Å². The molecular formula is C19H21FN2O2. The third kappa shape index (κ3) is 2.55. The van der Waals surface area contributed by atoms with Crippen molar-refractivity contribution in [1.29, 1.82) is 0 Å². The number of rotatable bonds is 3. The number of nitrogens with two attached hydrogens (primary N) is 1. The van der Waals surface area contributed by atoms with Gasteiger partial charge in [0.05, 0.1) is 11.1 Å². The molecule has 0 spiro atoms. The number of likely N-dealkylation sites (tertiary alicyclic amines) is 1. The number of amides is 2. The van der Waals surface area contributed by atoms with E-state index < -0.39 is 17.3 Å². The average Bonchev–Trinajstić information content (AvgIpc) is 2.45. The molecule has 4 nitrogen and oxygen atoms in total. The lowest BCUT2D eigenvalue weighted by atomic mass is 9.74. The average molecular weight is 328 g/mol. The first kappa shape index (κ1) is 16.5. The fourth-order valence-electron chi connectivity index (χ4n) is 3.71. The Morgan fingerprint density at radius 3 is 2.67 bits per heavy atom. The van der Waals surface area contributed by atoms with E-state index in [1.54, 1.807) is 12.1 Å². The normalized spacial score (nSPS) is 21.9. The summed E-state index contributed by atoms with van der Waals surface area (Å²) in [6.07, 6.45) is 4.02. The summed E-state index contributed by atoms with van der Waals surface area (Å²) in [6, 6.07) is 4.72. The first-order chi connectivity index (χ1) is 11.3. The minimum Gasteiger partial charge on any atom is -0.366 e. The summed E-state index contributed by atoms with van der Waals surface area (Å²) in [6.45, 7) is 4.55. The predicted octanol–water partition coefficient (Wildman–Crippen LogP) is 2.89. The molecule has 1 aromatic carbocycles. The van der Waals surface area contributed by atoms with Gasteiger partial charge >= 0.3 is 0 Å². The number of carbonyl (C=O) groups is 2. The second-order valence-corrected chi connectivity index (χ2v) is 6.91. The van der Waals surface area contributed by atoms with Crippen LogP contribution in [0.15, 0.2) is 35.6 Å². The highest BCUT2D eigenvalue weighted by molar-refractivity contribution is 5.95. The van der Waals surface area contributed by atoms with E-state index in [1.165, 1.54) is 6.07 Å². The Kier molecular flexibility index (Phi) is 4.06. The van der Waals surface area contributed by atoms with Crippen molar-refractivity contribution in [2.45, 2.75) is 44.6 Å². The van der Waals surface area contributed by atoms with Gasteiger partial charge in [0.25, 0.3) is 11.8 Å². The van der Waals surface area contributed by atoms with Gasteiger partial charge in [-0.1, -0.05) is 12.1 Å². The number of piperidine rings is 1. The van der Waals surface area contributed by atoms with E-state index in [9.17, 15) is 14.0 Å². The molecule has 24 heavy (non-hydrogen) atoms. The Morgan fingerprint density at radius 1 is 1.38 bits per heavy atom. The number of benzene rings is 1. The minimum atomic E-state index is -0.777. The Labute approximate surface area is 140 Å². The quantitative estimate of drug-likeness (QED) is 0.867. The van der Waals surface area contributed by atoms with Crippen molar-refractivity contribution in [1.82, 2.24) is 4.90 Å². The fraction of sp³-hybridized carbons (Fsp3) is 0.421. The Hall–Kier alpha value is -2.39. The van der Waals surface area contributed by atoms with Crippen molar-refractivity contribution in [3.05, 3.63) is 52.5 Å². The second kappa shape index (κ2) is 5.91. The van der Waals surface area contributed by atoms with Crippen LogP contribution >= 0.6 is 0 Å². The second-order valence-electron chi connectivity index (χ2n) is 6.91. The van der Waals surface area contributed by atoms with Gasteiger partial charge in [-0.05, 0) is 44.4 Å². The van der Waals surface area contributed by atoms with Crippen LogP contribution in [0, 0.1) is 5.82 Å². The van der Waals surface area contributed by atoms with E-state index in [-0.39, 0.29) is 17.4 Å². The van der Waals surface area contributed by atoms with Crippen molar-refractivity contribution in [3.63, 3.8) is 0 Å². The molecule has 2 N–H and O–H groups in total. The smallest absolute Gasteiger partial charge is 0.258 e. The molecule has 3 rings (SSSR count). The monoisotopic (exact) mass is 328 g/mol. The molecule has 0 radical (unpaired) electrons. The van der Waals surface area contributed by atoms with Crippen LogP contribution in [0.5, 0.6) is 0 Å². The number of primary amides is 1. The van der Waals surface area contributed by atoms with Crippen LogP contribution in [0.2, 0.25) is 0 Å². The third-order valence-corrected chi connectivity index (χ3v) is 5.18. The summed E-state index contributed by atoms with van der Waals surface area (Å²) in [5.74, 6) is -1.57. The molecule has 1 aliphatic carbocycles. The van der Waals surface area contributed by atoms with Gasteiger partial charge in [-0.2, -0.15) is 0 Å². The molecule has 1 fully saturated rings. The summed E-state index contributed by atoms with van der Waals surface area (Å²) < 4.78 is 14.8. The lowest BCUT2D eigenvalue weighted by molar-refractivity contribution is -0.135. The topological polar surface area (TPSA) is 63.4 Å². The van der Waals surface area contributed by atoms with E-state index in [0.717, 1.165) is 12.8 Å². The molecule has 0 saturated carbocycles. The molecule has 0 aromatic heterocycles. The van der Waals surface area contributed by atoms with Crippen LogP contribution in [0.3, 0.4) is 0 Å². The molecule has 1 atom stereocenters. The molecule has 1 unspecified atom stereocenters. The molecule has 2 aliphatic rings. The number of nitrogens with zero attached hydrogens (tertiary/aromatic N) is 1. The van der Waals surface area contributed by atoms with Crippen molar-refractivity contribution in [2.75, 3.05) is 6.54 Å². The summed E-state index contributed by atoms with van der Waals surface area (Å²) in [5, 5.41) is 0. The zero-order valence-electron chi connectivity index (χ0n) is 13.9. The van der Waals surface area contributed by atoms with Gasteiger partial charge in [-0.15, -0.1) is 5.73 Å². The van der Waals surface area contributed by atoms with E-state index in [1.807, 2.05) is 24.8 Å². The van der Waals surface area contributed by atoms with Crippen LogP contribution in [0.1, 0.15) is 54.9 Å². The van der Waals surface area contributed by atoms with E-state index in [2.05, 4.69) is 5.73 Å². The summed E-state index contributed by atoms with van der Waals surface area (Å²) in [5.41, 5.74) is 8.67. The Morgan fingerprint density at radius 2 is 2.08 bits per heavy atom. The highest BCUT2D eigenvalue weighted by Gasteiger charge is 2.43. The third-order valence-electron chi connectivity index (χ3n) is 5.18. The van der Waals surface area contributed by atoms with Crippen LogP contribution < -0.4 is 5.73 Å². The highest BCUT2D eigenvalue weighted by atomic mass is 19.1. The molecule has 126 valence electrons. The molecule has 5 heteroatoms. The zero-order chi connectivity index (χ0) is 17.5. The Balaban J connectivity index is 1.99. The van der Waals surface area contributed by atoms with Crippen molar-refractivity contribution in [3.8, 4) is 0 Å². The molecular weight excluding hydrogens is 307 g/mol. The summed E-state index contributed by atoms with van der Waals surface area (Å²) in [4.78, 5) is 25.9. The maximum Gasteiger partial charge on any atom is 0.258 e. The van der Waals surface area contributed by atoms with Gasteiger partial charge in [-0.25, -0.2) is 4.39 Å². The SMILES string of the molecule is CC1(C)C(c2cccc(C(N)=O)c2F)CCCN1C(=O)C1=C=CC1. The molecule has 1 aromatic rings. The molecule has 1 saturated heterocycles. The van der Waals surface area contributed by atoms with E-state index >= 15 is 0 Å². The van der Waals surface area contributed by atoms with Crippen molar-refractivity contribution < 1.29 is 14.0 Å². The number of halogens is 1. The first-order valence-electron chi connectivity index (χ1n) is 8.18. The molecule has 2 amide bonds. The van der Waals surface area contributed by atoms with E-state index in [4.69, 9.17) is 5.73 Å². The van der Waals surface area contributed by atoms with Gasteiger partial charge < -0.3 is 10.6 Å². The maximum atomic E-state index is 14.8. The standard InChI is InChI=1S/C19H21FN2O2/c1-19(2)15(13-8-4-9-14(16(13)20)17(21)23)10-5-11-22(19)18(24)12-6-3-7-12/h3-4,8-9,15H,5-6,10-11H2,1-2H3,(H2,21,23). The summed E-state index contributed by atoms with van der Waals surface area (Å²) in [7, 11) is 0. The number of hydrogen-bond acceptors (Lipinski definition) is 2. The fourth-order valence-corrected chi connectivity index (χ4v) is 3.71. The maximum absolute atomic E-state index is 14.8.